The van der Waals surface area contributed by atoms with E-state index in [9.17, 15) is 18.3 Å². The smallest absolute Gasteiger partial charge is 0.312 e. The summed E-state index contributed by atoms with van der Waals surface area (Å²) in [6, 6.07) is 8.96. The molecule has 0 spiro atoms. The van der Waals surface area contributed by atoms with Crippen LogP contribution in [-0.2, 0) is 20.6 Å². The predicted molar refractivity (Wildman–Crippen MR) is 77.1 cm³/mol. The van der Waals surface area contributed by atoms with Gasteiger partial charge in [-0.1, -0.05) is 30.3 Å². The molecule has 1 aromatic carbocycles. The number of fused-ring (bicyclic) bond motifs is 1. The van der Waals surface area contributed by atoms with Gasteiger partial charge in [0.2, 0.25) is 10.0 Å². The maximum Gasteiger partial charge on any atom is 0.312 e. The van der Waals surface area contributed by atoms with Crippen molar-refractivity contribution in [3.05, 3.63) is 35.9 Å². The van der Waals surface area contributed by atoms with Crippen molar-refractivity contribution < 1.29 is 18.3 Å². The predicted octanol–water partition coefficient (Wildman–Crippen LogP) is 0.122. The van der Waals surface area contributed by atoms with Crippen LogP contribution in [0.1, 0.15) is 5.56 Å². The average molecular weight is 310 g/mol. The van der Waals surface area contributed by atoms with Gasteiger partial charge in [-0.3, -0.25) is 4.79 Å². The van der Waals surface area contributed by atoms with Gasteiger partial charge in [0, 0.05) is 32.1 Å². The molecule has 1 aromatic rings. The standard InChI is InChI=1S/C14H18N2O4S/c17-13(18)14-9-15-6-12(14)7-16(10-14)21(19,20)8-11-4-2-1-3-5-11/h1-5,12,15H,6-10H2,(H,17,18)/t12-,14-/m1/s1. The highest BCUT2D eigenvalue weighted by Crippen LogP contribution is 2.40. The van der Waals surface area contributed by atoms with E-state index in [4.69, 9.17) is 0 Å². The Bertz CT molecular complexity index is 646. The molecule has 0 aromatic heterocycles. The number of hydrogen-bond acceptors (Lipinski definition) is 4. The summed E-state index contributed by atoms with van der Waals surface area (Å²) in [5.74, 6) is -1.14. The van der Waals surface area contributed by atoms with E-state index in [0.29, 0.717) is 13.1 Å². The molecule has 2 aliphatic rings. The fourth-order valence-electron chi connectivity index (χ4n) is 3.26. The summed E-state index contributed by atoms with van der Waals surface area (Å²) < 4.78 is 26.4. The summed E-state index contributed by atoms with van der Waals surface area (Å²) in [5, 5.41) is 12.6. The lowest BCUT2D eigenvalue weighted by Crippen LogP contribution is -2.41. The molecule has 3 rings (SSSR count). The lowest BCUT2D eigenvalue weighted by molar-refractivity contribution is -0.148. The molecule has 0 unspecified atom stereocenters. The number of hydrogen-bond donors (Lipinski definition) is 2. The molecule has 2 fully saturated rings. The first kappa shape index (κ1) is 14.5. The third kappa shape index (κ3) is 2.45. The topological polar surface area (TPSA) is 86.7 Å². The van der Waals surface area contributed by atoms with Crippen molar-refractivity contribution in [3.8, 4) is 0 Å². The zero-order valence-corrected chi connectivity index (χ0v) is 12.3. The number of aliphatic carboxylic acids is 1. The van der Waals surface area contributed by atoms with Crippen LogP contribution in [-0.4, -0.2) is 50.0 Å². The minimum atomic E-state index is -3.48. The Labute approximate surface area is 123 Å². The first-order chi connectivity index (χ1) is 9.94. The Hall–Kier alpha value is -1.44. The van der Waals surface area contributed by atoms with Gasteiger partial charge in [0.05, 0.1) is 11.2 Å². The van der Waals surface area contributed by atoms with Crippen LogP contribution in [0.3, 0.4) is 0 Å². The van der Waals surface area contributed by atoms with Crippen molar-refractivity contribution in [2.24, 2.45) is 11.3 Å². The van der Waals surface area contributed by atoms with Gasteiger partial charge in [0.25, 0.3) is 0 Å². The lowest BCUT2D eigenvalue weighted by Gasteiger charge is -2.22. The molecule has 114 valence electrons. The Morgan fingerprint density at radius 3 is 2.71 bits per heavy atom. The molecule has 2 N–H and O–H groups in total. The molecule has 2 saturated heterocycles. The number of benzene rings is 1. The van der Waals surface area contributed by atoms with E-state index in [-0.39, 0.29) is 24.8 Å². The third-order valence-electron chi connectivity index (χ3n) is 4.51. The zero-order valence-electron chi connectivity index (χ0n) is 11.5. The van der Waals surface area contributed by atoms with Crippen LogP contribution in [0.5, 0.6) is 0 Å². The van der Waals surface area contributed by atoms with E-state index < -0.39 is 21.4 Å². The molecular formula is C14H18N2O4S. The summed E-state index contributed by atoms with van der Waals surface area (Å²) in [4.78, 5) is 11.6. The largest absolute Gasteiger partial charge is 0.481 e. The first-order valence-electron chi connectivity index (χ1n) is 6.90. The second kappa shape index (κ2) is 5.08. The number of nitrogens with one attached hydrogen (secondary N) is 1. The Morgan fingerprint density at radius 2 is 2.10 bits per heavy atom. The molecule has 0 radical (unpaired) electrons. The van der Waals surface area contributed by atoms with Crippen LogP contribution in [0.2, 0.25) is 0 Å². The Kier molecular flexibility index (Phi) is 3.51. The van der Waals surface area contributed by atoms with E-state index in [1.807, 2.05) is 6.07 Å². The van der Waals surface area contributed by atoms with Crippen molar-refractivity contribution in [1.29, 1.82) is 0 Å². The van der Waals surface area contributed by atoms with Crippen molar-refractivity contribution in [1.82, 2.24) is 9.62 Å². The van der Waals surface area contributed by atoms with Crippen molar-refractivity contribution >= 4 is 16.0 Å². The van der Waals surface area contributed by atoms with Gasteiger partial charge in [-0.25, -0.2) is 12.7 Å². The second-order valence-electron chi connectivity index (χ2n) is 5.82. The quantitative estimate of drug-likeness (QED) is 0.825. The molecule has 21 heavy (non-hydrogen) atoms. The Morgan fingerprint density at radius 1 is 1.38 bits per heavy atom. The van der Waals surface area contributed by atoms with Gasteiger partial charge in [0.1, 0.15) is 0 Å². The molecule has 0 aliphatic carbocycles. The van der Waals surface area contributed by atoms with Crippen LogP contribution < -0.4 is 5.32 Å². The summed E-state index contributed by atoms with van der Waals surface area (Å²) in [6.07, 6.45) is 0. The molecule has 7 heteroatoms. The number of carboxylic acid groups (broad SMARTS) is 1. The highest BCUT2D eigenvalue weighted by Gasteiger charge is 2.57. The fraction of sp³-hybridized carbons (Fsp3) is 0.500. The molecule has 0 amide bonds. The summed E-state index contributed by atoms with van der Waals surface area (Å²) in [5.41, 5.74) is -0.249. The SMILES string of the molecule is O=C(O)[C@@]12CNC[C@@H]1CN(S(=O)(=O)Cc1ccccc1)C2. The number of carboxylic acids is 1. The van der Waals surface area contributed by atoms with Gasteiger partial charge in [-0.05, 0) is 5.56 Å². The van der Waals surface area contributed by atoms with Crippen LogP contribution in [0.25, 0.3) is 0 Å². The normalized spacial score (nSPS) is 29.4. The molecule has 0 bridgehead atoms. The maximum absolute atomic E-state index is 12.5. The summed E-state index contributed by atoms with van der Waals surface area (Å²) >= 11 is 0. The number of carbonyl (C=O) groups is 1. The van der Waals surface area contributed by atoms with E-state index in [0.717, 1.165) is 5.56 Å². The lowest BCUT2D eigenvalue weighted by atomic mass is 9.81. The Balaban J connectivity index is 1.81. The second-order valence-corrected chi connectivity index (χ2v) is 7.79. The van der Waals surface area contributed by atoms with Crippen molar-refractivity contribution in [3.63, 3.8) is 0 Å². The number of nitrogens with zero attached hydrogens (tertiary/aromatic N) is 1. The van der Waals surface area contributed by atoms with Crippen LogP contribution >= 0.6 is 0 Å². The molecule has 2 aliphatic heterocycles. The molecule has 6 nitrogen and oxygen atoms in total. The highest BCUT2D eigenvalue weighted by atomic mass is 32.2. The molecule has 2 atom stereocenters. The zero-order chi connectivity index (χ0) is 15.1. The molecular weight excluding hydrogens is 292 g/mol. The van der Waals surface area contributed by atoms with Crippen LogP contribution in [0, 0.1) is 11.3 Å². The summed E-state index contributed by atoms with van der Waals surface area (Å²) in [6.45, 7) is 1.25. The average Bonchev–Trinajstić information content (AvgIpc) is 2.97. The van der Waals surface area contributed by atoms with Crippen molar-refractivity contribution in [2.75, 3.05) is 26.2 Å². The molecule has 2 heterocycles. The highest BCUT2D eigenvalue weighted by molar-refractivity contribution is 7.88. The van der Waals surface area contributed by atoms with Gasteiger partial charge >= 0.3 is 5.97 Å². The summed E-state index contributed by atoms with van der Waals surface area (Å²) in [7, 11) is -3.48. The number of rotatable bonds is 4. The monoisotopic (exact) mass is 310 g/mol. The minimum Gasteiger partial charge on any atom is -0.481 e. The minimum absolute atomic E-state index is 0.0646. The first-order valence-corrected chi connectivity index (χ1v) is 8.51. The number of sulfonamides is 1. The van der Waals surface area contributed by atoms with Gasteiger partial charge < -0.3 is 10.4 Å². The third-order valence-corrected chi connectivity index (χ3v) is 6.27. The van der Waals surface area contributed by atoms with E-state index in [1.54, 1.807) is 24.3 Å². The van der Waals surface area contributed by atoms with Gasteiger partial charge in [-0.2, -0.15) is 0 Å². The van der Waals surface area contributed by atoms with Crippen LogP contribution in [0.15, 0.2) is 30.3 Å². The van der Waals surface area contributed by atoms with E-state index in [2.05, 4.69) is 5.32 Å². The maximum atomic E-state index is 12.5. The van der Waals surface area contributed by atoms with Gasteiger partial charge in [-0.15, -0.1) is 0 Å². The molecule has 0 saturated carbocycles. The van der Waals surface area contributed by atoms with Crippen molar-refractivity contribution in [2.45, 2.75) is 5.75 Å². The fourth-order valence-corrected chi connectivity index (χ4v) is 4.89. The van der Waals surface area contributed by atoms with Crippen LogP contribution in [0.4, 0.5) is 0 Å². The van der Waals surface area contributed by atoms with E-state index >= 15 is 0 Å². The van der Waals surface area contributed by atoms with Gasteiger partial charge in [0.15, 0.2) is 0 Å². The van der Waals surface area contributed by atoms with E-state index in [1.165, 1.54) is 4.31 Å².